The van der Waals surface area contributed by atoms with E-state index in [0.717, 1.165) is 33.6 Å². The molecule has 4 heteroatoms. The van der Waals surface area contributed by atoms with Crippen LogP contribution in [0.1, 0.15) is 16.1 Å². The standard InChI is InChI=1S/C22H16ClNOS/c23-17-9-10-22(26-15-16-6-2-1-3-7-16)20(12-17)19-13-18-8-4-5-11-24(18)21(19)14-25/h1-14H,15H2. The lowest BCUT2D eigenvalue weighted by Crippen LogP contribution is -1.92. The van der Waals surface area contributed by atoms with Crippen LogP contribution in [-0.2, 0) is 5.75 Å². The van der Waals surface area contributed by atoms with E-state index in [0.29, 0.717) is 10.7 Å². The van der Waals surface area contributed by atoms with Gasteiger partial charge in [-0.3, -0.25) is 4.79 Å². The van der Waals surface area contributed by atoms with Gasteiger partial charge < -0.3 is 4.40 Å². The number of nitrogens with zero attached hydrogens (tertiary/aromatic N) is 1. The number of hydrogen-bond donors (Lipinski definition) is 0. The summed E-state index contributed by atoms with van der Waals surface area (Å²) in [5.41, 5.74) is 4.79. The predicted molar refractivity (Wildman–Crippen MR) is 109 cm³/mol. The summed E-state index contributed by atoms with van der Waals surface area (Å²) < 4.78 is 1.91. The molecule has 0 spiro atoms. The molecule has 2 nitrogen and oxygen atoms in total. The number of pyridine rings is 1. The Kier molecular flexibility index (Phi) is 4.83. The van der Waals surface area contributed by atoms with Crippen LogP contribution in [0.5, 0.6) is 0 Å². The van der Waals surface area contributed by atoms with Crippen LogP contribution in [0, 0.1) is 0 Å². The van der Waals surface area contributed by atoms with Gasteiger partial charge in [0.1, 0.15) is 0 Å². The zero-order valence-electron chi connectivity index (χ0n) is 13.9. The van der Waals surface area contributed by atoms with Gasteiger partial charge in [-0.2, -0.15) is 0 Å². The third-order valence-electron chi connectivity index (χ3n) is 4.30. The lowest BCUT2D eigenvalue weighted by atomic mass is 10.1. The molecule has 0 N–H and O–H groups in total. The van der Waals surface area contributed by atoms with Crippen molar-refractivity contribution in [2.45, 2.75) is 10.6 Å². The third kappa shape index (κ3) is 3.28. The average Bonchev–Trinajstić information content (AvgIpc) is 3.06. The van der Waals surface area contributed by atoms with Crippen LogP contribution in [0.4, 0.5) is 0 Å². The van der Waals surface area contributed by atoms with Crippen molar-refractivity contribution in [2.24, 2.45) is 0 Å². The number of carbonyl (C=O) groups excluding carboxylic acids is 1. The van der Waals surface area contributed by atoms with E-state index >= 15 is 0 Å². The largest absolute Gasteiger partial charge is 0.314 e. The fourth-order valence-corrected chi connectivity index (χ4v) is 4.23. The number of thioether (sulfide) groups is 1. The molecule has 0 fully saturated rings. The van der Waals surface area contributed by atoms with Crippen LogP contribution in [0.2, 0.25) is 5.02 Å². The van der Waals surface area contributed by atoms with Crippen molar-refractivity contribution in [3.05, 3.63) is 95.3 Å². The number of aldehydes is 1. The van der Waals surface area contributed by atoms with Crippen molar-refractivity contribution in [3.63, 3.8) is 0 Å². The second-order valence-electron chi connectivity index (χ2n) is 5.97. The van der Waals surface area contributed by atoms with Crippen molar-refractivity contribution in [1.82, 2.24) is 4.40 Å². The summed E-state index contributed by atoms with van der Waals surface area (Å²) in [6.07, 6.45) is 2.82. The molecule has 0 bridgehead atoms. The Morgan fingerprint density at radius 2 is 1.73 bits per heavy atom. The second-order valence-corrected chi connectivity index (χ2v) is 7.42. The molecule has 0 unspecified atom stereocenters. The van der Waals surface area contributed by atoms with E-state index in [2.05, 4.69) is 12.1 Å². The Labute approximate surface area is 161 Å². The van der Waals surface area contributed by atoms with E-state index in [1.54, 1.807) is 11.8 Å². The minimum atomic E-state index is 0.643. The molecule has 0 atom stereocenters. The highest BCUT2D eigenvalue weighted by Gasteiger charge is 2.15. The van der Waals surface area contributed by atoms with Crippen LogP contribution in [0.15, 0.2) is 83.9 Å². The molecular formula is C22H16ClNOS. The third-order valence-corrected chi connectivity index (χ3v) is 5.68. The molecular weight excluding hydrogens is 362 g/mol. The quantitative estimate of drug-likeness (QED) is 0.298. The Bertz CT molecular complexity index is 1070. The first-order valence-electron chi connectivity index (χ1n) is 8.28. The van der Waals surface area contributed by atoms with Gasteiger partial charge >= 0.3 is 0 Å². The Hall–Kier alpha value is -2.49. The molecule has 26 heavy (non-hydrogen) atoms. The molecule has 4 aromatic rings. The molecule has 2 heterocycles. The maximum atomic E-state index is 11.8. The number of rotatable bonds is 5. The van der Waals surface area contributed by atoms with Crippen molar-refractivity contribution < 1.29 is 4.79 Å². The van der Waals surface area contributed by atoms with Crippen LogP contribution in [0.25, 0.3) is 16.6 Å². The van der Waals surface area contributed by atoms with Crippen molar-refractivity contribution in [3.8, 4) is 11.1 Å². The van der Waals surface area contributed by atoms with E-state index in [4.69, 9.17) is 11.6 Å². The summed E-state index contributed by atoms with van der Waals surface area (Å²) in [5.74, 6) is 0.860. The number of benzene rings is 2. The van der Waals surface area contributed by atoms with E-state index < -0.39 is 0 Å². The maximum Gasteiger partial charge on any atom is 0.167 e. The molecule has 0 aliphatic heterocycles. The van der Waals surface area contributed by atoms with Gasteiger partial charge in [-0.1, -0.05) is 48.0 Å². The number of halogens is 1. The molecule has 128 valence electrons. The first-order chi connectivity index (χ1) is 12.8. The second kappa shape index (κ2) is 7.40. The average molecular weight is 378 g/mol. The zero-order valence-corrected chi connectivity index (χ0v) is 15.5. The van der Waals surface area contributed by atoms with Crippen LogP contribution in [-0.4, -0.2) is 10.7 Å². The van der Waals surface area contributed by atoms with Crippen molar-refractivity contribution in [1.29, 1.82) is 0 Å². The van der Waals surface area contributed by atoms with Gasteiger partial charge in [-0.05, 0) is 47.5 Å². The van der Waals surface area contributed by atoms with E-state index in [1.807, 2.05) is 71.3 Å². The van der Waals surface area contributed by atoms with Gasteiger partial charge in [0.25, 0.3) is 0 Å². The summed E-state index contributed by atoms with van der Waals surface area (Å²) in [7, 11) is 0. The van der Waals surface area contributed by atoms with Gasteiger partial charge in [0.2, 0.25) is 0 Å². The summed E-state index contributed by atoms with van der Waals surface area (Å²) >= 11 is 8.02. The summed E-state index contributed by atoms with van der Waals surface area (Å²) in [4.78, 5) is 12.9. The molecule has 0 amide bonds. The molecule has 0 aliphatic carbocycles. The topological polar surface area (TPSA) is 21.5 Å². The normalized spacial score (nSPS) is 11.0. The summed E-state index contributed by atoms with van der Waals surface area (Å²) in [5, 5.41) is 0.663. The fourth-order valence-electron chi connectivity index (χ4n) is 3.05. The van der Waals surface area contributed by atoms with Crippen molar-refractivity contribution >= 4 is 35.2 Å². The summed E-state index contributed by atoms with van der Waals surface area (Å²) in [6, 6.07) is 24.1. The van der Waals surface area contributed by atoms with E-state index in [-0.39, 0.29) is 0 Å². The molecule has 0 radical (unpaired) electrons. The first kappa shape index (κ1) is 17.0. The highest BCUT2D eigenvalue weighted by Crippen LogP contribution is 2.37. The van der Waals surface area contributed by atoms with Gasteiger partial charge in [-0.25, -0.2) is 0 Å². The van der Waals surface area contributed by atoms with Crippen LogP contribution < -0.4 is 0 Å². The van der Waals surface area contributed by atoms with E-state index in [9.17, 15) is 4.79 Å². The van der Waals surface area contributed by atoms with Gasteiger partial charge in [0, 0.05) is 32.9 Å². The van der Waals surface area contributed by atoms with Gasteiger partial charge in [-0.15, -0.1) is 11.8 Å². The predicted octanol–water partition coefficient (Wildman–Crippen LogP) is 6.36. The monoisotopic (exact) mass is 377 g/mol. The van der Waals surface area contributed by atoms with Gasteiger partial charge in [0.05, 0.1) is 5.69 Å². The first-order valence-corrected chi connectivity index (χ1v) is 9.64. The number of aromatic nitrogens is 1. The Morgan fingerprint density at radius 3 is 2.54 bits per heavy atom. The molecule has 2 aromatic carbocycles. The molecule has 0 saturated carbocycles. The summed E-state index contributed by atoms with van der Waals surface area (Å²) in [6.45, 7) is 0. The maximum absolute atomic E-state index is 11.8. The van der Waals surface area contributed by atoms with Crippen LogP contribution >= 0.6 is 23.4 Å². The molecule has 4 rings (SSSR count). The minimum absolute atomic E-state index is 0.643. The van der Waals surface area contributed by atoms with Crippen LogP contribution in [0.3, 0.4) is 0 Å². The lowest BCUT2D eigenvalue weighted by Gasteiger charge is -2.10. The molecule has 0 saturated heterocycles. The zero-order chi connectivity index (χ0) is 17.9. The SMILES string of the molecule is O=Cc1c(-c2cc(Cl)ccc2SCc2ccccc2)cc2ccccn12. The highest BCUT2D eigenvalue weighted by molar-refractivity contribution is 7.98. The van der Waals surface area contributed by atoms with Gasteiger partial charge in [0.15, 0.2) is 6.29 Å². The Morgan fingerprint density at radius 1 is 0.923 bits per heavy atom. The minimum Gasteiger partial charge on any atom is -0.314 e. The Balaban J connectivity index is 1.79. The molecule has 0 aliphatic rings. The fraction of sp³-hybridized carbons (Fsp3) is 0.0455. The number of carbonyl (C=O) groups is 1. The number of fused-ring (bicyclic) bond motifs is 1. The van der Waals surface area contributed by atoms with E-state index in [1.165, 1.54) is 5.56 Å². The molecule has 2 aromatic heterocycles. The lowest BCUT2D eigenvalue weighted by molar-refractivity contribution is 0.111. The number of hydrogen-bond acceptors (Lipinski definition) is 2. The van der Waals surface area contributed by atoms with Crippen molar-refractivity contribution in [2.75, 3.05) is 0 Å². The highest BCUT2D eigenvalue weighted by atomic mass is 35.5. The smallest absolute Gasteiger partial charge is 0.167 e.